The lowest BCUT2D eigenvalue weighted by atomic mass is 10.0. The zero-order valence-electron chi connectivity index (χ0n) is 50.8. The number of carbonyl (C=O) groups is 2. The summed E-state index contributed by atoms with van der Waals surface area (Å²) in [6.45, 7) is 4.96. The van der Waals surface area contributed by atoms with E-state index in [0.717, 1.165) is 44.9 Å². The van der Waals surface area contributed by atoms with E-state index in [9.17, 15) is 19.8 Å². The van der Waals surface area contributed by atoms with Crippen LogP contribution in [-0.4, -0.2) is 47.4 Å². The Labute approximate surface area is 469 Å². The highest BCUT2D eigenvalue weighted by Gasteiger charge is 2.20. The largest absolute Gasteiger partial charge is 0.466 e. The van der Waals surface area contributed by atoms with E-state index in [1.54, 1.807) is 0 Å². The van der Waals surface area contributed by atoms with Crippen LogP contribution in [0.4, 0.5) is 0 Å². The molecule has 0 aliphatic heterocycles. The summed E-state index contributed by atoms with van der Waals surface area (Å²) in [6.07, 6.45) is 80.9. The Morgan fingerprint density at radius 2 is 0.627 bits per heavy atom. The standard InChI is InChI=1S/C69H133NO5/c1-3-5-7-9-11-13-15-16-39-43-47-51-55-59-63-69(74)75-64-60-56-52-48-44-40-37-35-33-31-29-27-25-23-21-19-17-18-20-22-24-26-28-30-32-34-36-38-42-46-50-54-58-62-68(73)70-66(65-71)67(72)61-57-53-49-45-41-14-12-10-8-6-4-2/h15-16,21,23,66-67,71-72H,3-14,17-20,22,24-65H2,1-2H3,(H,70,73)/b16-15-,23-21-. The molecule has 1 amide bonds. The van der Waals surface area contributed by atoms with E-state index in [1.807, 2.05) is 0 Å². The van der Waals surface area contributed by atoms with Gasteiger partial charge in [-0.1, -0.05) is 314 Å². The molecule has 0 saturated heterocycles. The van der Waals surface area contributed by atoms with Gasteiger partial charge in [-0.15, -0.1) is 0 Å². The minimum atomic E-state index is -0.660. The topological polar surface area (TPSA) is 95.9 Å². The van der Waals surface area contributed by atoms with Gasteiger partial charge in [0.25, 0.3) is 0 Å². The first-order valence-electron chi connectivity index (χ1n) is 34.1. The van der Waals surface area contributed by atoms with E-state index in [0.29, 0.717) is 25.9 Å². The van der Waals surface area contributed by atoms with Crippen molar-refractivity contribution in [3.63, 3.8) is 0 Å². The number of ether oxygens (including phenoxy) is 1. The lowest BCUT2D eigenvalue weighted by molar-refractivity contribution is -0.143. The van der Waals surface area contributed by atoms with Gasteiger partial charge in [0.2, 0.25) is 5.91 Å². The molecule has 0 heterocycles. The summed E-state index contributed by atoms with van der Waals surface area (Å²) in [4.78, 5) is 24.5. The van der Waals surface area contributed by atoms with Crippen LogP contribution in [0.3, 0.4) is 0 Å². The number of rotatable bonds is 64. The Bertz CT molecular complexity index is 1170. The molecule has 2 unspecified atom stereocenters. The van der Waals surface area contributed by atoms with Crippen LogP contribution in [-0.2, 0) is 14.3 Å². The predicted molar refractivity (Wildman–Crippen MR) is 329 cm³/mol. The normalized spacial score (nSPS) is 12.6. The van der Waals surface area contributed by atoms with E-state index >= 15 is 0 Å². The minimum Gasteiger partial charge on any atom is -0.466 e. The molecule has 0 rings (SSSR count). The van der Waals surface area contributed by atoms with Gasteiger partial charge in [-0.25, -0.2) is 0 Å². The van der Waals surface area contributed by atoms with E-state index in [4.69, 9.17) is 4.74 Å². The SMILES string of the molecule is CCCCCCC/C=C\CCCCCCCC(=O)OCCCCCCCCCCCCCC/C=C\CCCCCCCCCCCCCCCCCCCC(=O)NC(CO)C(O)CCCCCCCCCCCCC. The third-order valence-corrected chi connectivity index (χ3v) is 16.0. The predicted octanol–water partition coefficient (Wildman–Crippen LogP) is 21.8. The van der Waals surface area contributed by atoms with Crippen LogP contribution in [0.15, 0.2) is 24.3 Å². The fourth-order valence-corrected chi connectivity index (χ4v) is 10.7. The summed E-state index contributed by atoms with van der Waals surface area (Å²) in [5, 5.41) is 23.2. The molecule has 0 bridgehead atoms. The van der Waals surface area contributed by atoms with Gasteiger partial charge in [-0.3, -0.25) is 9.59 Å². The number of carbonyl (C=O) groups excluding carboxylic acids is 2. The van der Waals surface area contributed by atoms with Crippen molar-refractivity contribution >= 4 is 11.9 Å². The summed E-state index contributed by atoms with van der Waals surface area (Å²) in [5.74, 6) is -0.0207. The molecule has 0 aromatic rings. The summed E-state index contributed by atoms with van der Waals surface area (Å²) in [5.41, 5.74) is 0. The third kappa shape index (κ3) is 61.4. The van der Waals surface area contributed by atoms with Crippen LogP contribution in [0.25, 0.3) is 0 Å². The molecule has 0 radical (unpaired) electrons. The molecule has 0 spiro atoms. The fraction of sp³-hybridized carbons (Fsp3) is 0.913. The molecule has 3 N–H and O–H groups in total. The minimum absolute atomic E-state index is 0.0105. The van der Waals surface area contributed by atoms with E-state index in [-0.39, 0.29) is 18.5 Å². The monoisotopic (exact) mass is 1060 g/mol. The van der Waals surface area contributed by atoms with Gasteiger partial charge in [0.1, 0.15) is 0 Å². The van der Waals surface area contributed by atoms with Crippen molar-refractivity contribution in [2.45, 2.75) is 392 Å². The molecule has 0 aliphatic rings. The first-order chi connectivity index (χ1) is 37.0. The number of hydrogen-bond acceptors (Lipinski definition) is 5. The second-order valence-electron chi connectivity index (χ2n) is 23.5. The molecule has 0 aliphatic carbocycles. The van der Waals surface area contributed by atoms with Crippen LogP contribution in [0.5, 0.6) is 0 Å². The highest BCUT2D eigenvalue weighted by atomic mass is 16.5. The molecule has 444 valence electrons. The highest BCUT2D eigenvalue weighted by Crippen LogP contribution is 2.18. The van der Waals surface area contributed by atoms with E-state index in [2.05, 4.69) is 43.5 Å². The van der Waals surface area contributed by atoms with Crippen LogP contribution in [0, 0.1) is 0 Å². The van der Waals surface area contributed by atoms with Gasteiger partial charge in [0, 0.05) is 12.8 Å². The van der Waals surface area contributed by atoms with Crippen LogP contribution in [0.1, 0.15) is 380 Å². The average Bonchev–Trinajstić information content (AvgIpc) is 3.41. The Balaban J connectivity index is 3.32. The number of hydrogen-bond donors (Lipinski definition) is 3. The number of amides is 1. The maximum absolute atomic E-state index is 12.5. The van der Waals surface area contributed by atoms with Gasteiger partial charge in [-0.2, -0.15) is 0 Å². The van der Waals surface area contributed by atoms with Crippen LogP contribution >= 0.6 is 0 Å². The molecule has 6 nitrogen and oxygen atoms in total. The summed E-state index contributed by atoms with van der Waals surface area (Å²) >= 11 is 0. The first kappa shape index (κ1) is 73.3. The zero-order valence-corrected chi connectivity index (χ0v) is 50.8. The maximum atomic E-state index is 12.5. The molecule has 0 aromatic heterocycles. The maximum Gasteiger partial charge on any atom is 0.305 e. The molecule has 75 heavy (non-hydrogen) atoms. The molecule has 0 saturated carbocycles. The van der Waals surface area contributed by atoms with Crippen molar-refractivity contribution in [1.29, 1.82) is 0 Å². The van der Waals surface area contributed by atoms with Gasteiger partial charge < -0.3 is 20.3 Å². The van der Waals surface area contributed by atoms with E-state index < -0.39 is 12.1 Å². The second-order valence-corrected chi connectivity index (χ2v) is 23.5. The number of esters is 1. The number of nitrogens with one attached hydrogen (secondary N) is 1. The van der Waals surface area contributed by atoms with Gasteiger partial charge in [0.15, 0.2) is 0 Å². The van der Waals surface area contributed by atoms with Crippen molar-refractivity contribution in [2.24, 2.45) is 0 Å². The lowest BCUT2D eigenvalue weighted by Gasteiger charge is -2.22. The number of allylic oxidation sites excluding steroid dienone is 4. The Kier molecular flexibility index (Phi) is 63.4. The molecule has 0 fully saturated rings. The van der Waals surface area contributed by atoms with Crippen molar-refractivity contribution < 1.29 is 24.5 Å². The lowest BCUT2D eigenvalue weighted by Crippen LogP contribution is -2.45. The van der Waals surface area contributed by atoms with E-state index in [1.165, 1.54) is 302 Å². The Morgan fingerprint density at radius 1 is 0.360 bits per heavy atom. The second kappa shape index (κ2) is 64.9. The third-order valence-electron chi connectivity index (χ3n) is 16.0. The van der Waals surface area contributed by atoms with Crippen molar-refractivity contribution in [3.05, 3.63) is 24.3 Å². The number of aliphatic hydroxyl groups excluding tert-OH is 2. The zero-order chi connectivity index (χ0) is 54.3. The van der Waals surface area contributed by atoms with Gasteiger partial charge in [-0.05, 0) is 77.0 Å². The molecule has 0 aromatic carbocycles. The van der Waals surface area contributed by atoms with Gasteiger partial charge >= 0.3 is 5.97 Å². The van der Waals surface area contributed by atoms with Crippen molar-refractivity contribution in [2.75, 3.05) is 13.2 Å². The fourth-order valence-electron chi connectivity index (χ4n) is 10.7. The van der Waals surface area contributed by atoms with Crippen LogP contribution < -0.4 is 5.32 Å². The average molecular weight is 1060 g/mol. The highest BCUT2D eigenvalue weighted by molar-refractivity contribution is 5.76. The molecule has 2 atom stereocenters. The van der Waals surface area contributed by atoms with Crippen molar-refractivity contribution in [1.82, 2.24) is 5.32 Å². The van der Waals surface area contributed by atoms with Crippen LogP contribution in [0.2, 0.25) is 0 Å². The van der Waals surface area contributed by atoms with Crippen molar-refractivity contribution in [3.8, 4) is 0 Å². The van der Waals surface area contributed by atoms with Gasteiger partial charge in [0.05, 0.1) is 25.4 Å². The number of aliphatic hydroxyl groups is 2. The Morgan fingerprint density at radius 3 is 0.947 bits per heavy atom. The summed E-state index contributed by atoms with van der Waals surface area (Å²) in [6, 6.07) is -0.537. The molecular weight excluding hydrogens is 923 g/mol. The molecule has 6 heteroatoms. The quantitative estimate of drug-likeness (QED) is 0.0320. The smallest absolute Gasteiger partial charge is 0.305 e. The number of unbranched alkanes of at least 4 members (excludes halogenated alkanes) is 49. The summed E-state index contributed by atoms with van der Waals surface area (Å²) in [7, 11) is 0. The summed E-state index contributed by atoms with van der Waals surface area (Å²) < 4.78 is 5.48. The first-order valence-corrected chi connectivity index (χ1v) is 34.1. The Hall–Kier alpha value is -1.66. The molecular formula is C69H133NO5.